The fourth-order valence-corrected chi connectivity index (χ4v) is 8.09. The van der Waals surface area contributed by atoms with E-state index < -0.39 is 11.9 Å². The van der Waals surface area contributed by atoms with Gasteiger partial charge in [0.2, 0.25) is 17.8 Å². The van der Waals surface area contributed by atoms with Gasteiger partial charge in [-0.2, -0.15) is 5.10 Å². The van der Waals surface area contributed by atoms with Gasteiger partial charge < -0.3 is 25.4 Å². The Balaban J connectivity index is 0.862. The number of aryl methyl sites for hydroxylation is 1. The zero-order chi connectivity index (χ0) is 34.8. The van der Waals surface area contributed by atoms with Gasteiger partial charge in [0.25, 0.3) is 5.91 Å². The maximum absolute atomic E-state index is 13.0. The molecule has 5 heterocycles. The number of piperidine rings is 1. The minimum atomic E-state index is -0.623. The number of fused-ring (bicyclic) bond motifs is 1. The number of halogens is 1. The second-order valence-electron chi connectivity index (χ2n) is 12.9. The van der Waals surface area contributed by atoms with Gasteiger partial charge in [-0.3, -0.25) is 24.4 Å². The lowest BCUT2D eigenvalue weighted by molar-refractivity contribution is -0.136. The van der Waals surface area contributed by atoms with Crippen LogP contribution in [-0.4, -0.2) is 72.2 Å². The number of benzene rings is 1. The van der Waals surface area contributed by atoms with Gasteiger partial charge in [0.15, 0.2) is 0 Å². The highest BCUT2D eigenvalue weighted by atomic mass is 35.5. The molecule has 1 aliphatic carbocycles. The number of anilines is 1. The normalized spacial score (nSPS) is 20.6. The molecular formula is C35H39ClN8O5S. The summed E-state index contributed by atoms with van der Waals surface area (Å²) in [5, 5.41) is 25.6. The quantitative estimate of drug-likeness (QED) is 0.158. The first-order valence-electron chi connectivity index (χ1n) is 16.9. The number of hydrogen-bond acceptors (Lipinski definition) is 11. The number of hydrogen-bond donors (Lipinski definition) is 4. The summed E-state index contributed by atoms with van der Waals surface area (Å²) in [6.07, 6.45) is 8.39. The van der Waals surface area contributed by atoms with Crippen molar-refractivity contribution in [2.45, 2.75) is 82.8 Å². The van der Waals surface area contributed by atoms with Crippen LogP contribution in [0.2, 0.25) is 5.02 Å². The molecule has 1 saturated heterocycles. The highest BCUT2D eigenvalue weighted by Gasteiger charge is 2.40. The second kappa shape index (κ2) is 14.9. The van der Waals surface area contributed by atoms with Crippen molar-refractivity contribution in [3.63, 3.8) is 0 Å². The Kier molecular flexibility index (Phi) is 10.1. The minimum absolute atomic E-state index is 0.0108. The maximum Gasteiger partial charge on any atom is 0.256 e. The molecule has 1 atom stereocenters. The largest absolute Gasteiger partial charge is 0.488 e. The van der Waals surface area contributed by atoms with E-state index in [0.717, 1.165) is 65.2 Å². The summed E-state index contributed by atoms with van der Waals surface area (Å²) in [5.41, 5.74) is 4.96. The van der Waals surface area contributed by atoms with E-state index in [4.69, 9.17) is 21.3 Å². The lowest BCUT2D eigenvalue weighted by Gasteiger charge is -2.30. The SMILES string of the molecule is Cn1ncc(-c2nc(NC3CCC(NCc4ccc(OCc5scc6c5CN(C5CCC(=O)NC5=O)C6=O)cc4)CC3)ncc2Cl)c1CCO. The van der Waals surface area contributed by atoms with E-state index in [0.29, 0.717) is 54.3 Å². The summed E-state index contributed by atoms with van der Waals surface area (Å²) in [4.78, 5) is 48.6. The molecule has 50 heavy (non-hydrogen) atoms. The fraction of sp³-hybridized carbons (Fsp3) is 0.429. The van der Waals surface area contributed by atoms with E-state index in [1.165, 1.54) is 11.3 Å². The third kappa shape index (κ3) is 7.24. The van der Waals surface area contributed by atoms with Crippen molar-refractivity contribution >= 4 is 46.6 Å². The molecule has 3 amide bonds. The Morgan fingerprint density at radius 1 is 1.06 bits per heavy atom. The number of ether oxygens (including phenoxy) is 1. The standard InChI is InChI=1S/C35H39ClN8O5S/c1-43-28(12-13-45)24(15-39-43)32-27(36)16-38-35(42-32)40-22-6-4-21(5-7-22)37-14-20-2-8-23(9-3-20)49-18-30-25-17-44(34(48)26(25)19-50-30)29-10-11-31(46)41-33(29)47/h2-3,8-9,15-16,19,21-22,29,37,45H,4-7,10-14,17-18H2,1H3,(H,38,40,42)(H,41,46,47). The summed E-state index contributed by atoms with van der Waals surface area (Å²) >= 11 is 7.96. The topological polar surface area (TPSA) is 164 Å². The number of carbonyl (C=O) groups excluding carboxylic acids is 3. The predicted octanol–water partition coefficient (Wildman–Crippen LogP) is 3.98. The smallest absolute Gasteiger partial charge is 0.256 e. The van der Waals surface area contributed by atoms with E-state index in [2.05, 4.69) is 38.2 Å². The van der Waals surface area contributed by atoms with E-state index >= 15 is 0 Å². The van der Waals surface area contributed by atoms with Crippen LogP contribution in [0.3, 0.4) is 0 Å². The fourth-order valence-electron chi connectivity index (χ4n) is 6.95. The van der Waals surface area contributed by atoms with Crippen LogP contribution in [0.5, 0.6) is 5.75 Å². The molecule has 15 heteroatoms. The average molecular weight is 719 g/mol. The van der Waals surface area contributed by atoms with Crippen LogP contribution in [0.15, 0.2) is 42.0 Å². The molecule has 1 aromatic carbocycles. The Bertz CT molecular complexity index is 1890. The van der Waals surface area contributed by atoms with Crippen LogP contribution in [0.25, 0.3) is 11.3 Å². The van der Waals surface area contributed by atoms with Gasteiger partial charge >= 0.3 is 0 Å². The molecule has 2 fully saturated rings. The van der Waals surface area contributed by atoms with Gasteiger partial charge in [-0.25, -0.2) is 9.97 Å². The first-order valence-corrected chi connectivity index (χ1v) is 18.1. The van der Waals surface area contributed by atoms with Crippen LogP contribution in [0.4, 0.5) is 5.95 Å². The molecule has 0 bridgehead atoms. The highest BCUT2D eigenvalue weighted by Crippen LogP contribution is 2.35. The number of aromatic nitrogens is 4. The Labute approximate surface area is 298 Å². The number of aliphatic hydroxyl groups is 1. The summed E-state index contributed by atoms with van der Waals surface area (Å²) in [6, 6.07) is 8.09. The lowest BCUT2D eigenvalue weighted by atomic mass is 9.91. The van der Waals surface area contributed by atoms with Crippen molar-refractivity contribution in [1.82, 2.24) is 35.3 Å². The number of aliphatic hydroxyl groups excluding tert-OH is 1. The Hall–Kier alpha value is -4.37. The number of thiophene rings is 1. The third-order valence-electron chi connectivity index (χ3n) is 9.74. The van der Waals surface area contributed by atoms with E-state index in [1.807, 2.05) is 24.6 Å². The molecule has 4 aromatic rings. The van der Waals surface area contributed by atoms with Crippen molar-refractivity contribution in [2.75, 3.05) is 11.9 Å². The lowest BCUT2D eigenvalue weighted by Crippen LogP contribution is -2.52. The molecule has 2 aliphatic heterocycles. The van der Waals surface area contributed by atoms with E-state index in [1.54, 1.807) is 22.0 Å². The summed E-state index contributed by atoms with van der Waals surface area (Å²) < 4.78 is 7.82. The van der Waals surface area contributed by atoms with Crippen LogP contribution >= 0.6 is 22.9 Å². The number of nitrogens with one attached hydrogen (secondary N) is 3. The molecule has 3 aromatic heterocycles. The number of nitrogens with zero attached hydrogens (tertiary/aromatic N) is 5. The predicted molar refractivity (Wildman–Crippen MR) is 188 cm³/mol. The minimum Gasteiger partial charge on any atom is -0.488 e. The summed E-state index contributed by atoms with van der Waals surface area (Å²) in [5.74, 6) is 0.411. The average Bonchev–Trinajstić information content (AvgIpc) is 3.79. The van der Waals surface area contributed by atoms with Crippen LogP contribution in [0.1, 0.15) is 70.6 Å². The monoisotopic (exact) mass is 718 g/mol. The van der Waals surface area contributed by atoms with Gasteiger partial charge in [-0.1, -0.05) is 23.7 Å². The van der Waals surface area contributed by atoms with Crippen molar-refractivity contribution in [2.24, 2.45) is 7.05 Å². The molecule has 7 rings (SSSR count). The van der Waals surface area contributed by atoms with E-state index in [9.17, 15) is 19.5 Å². The third-order valence-corrected chi connectivity index (χ3v) is 11.0. The van der Waals surface area contributed by atoms with Crippen LogP contribution in [-0.2, 0) is 42.8 Å². The van der Waals surface area contributed by atoms with Crippen molar-refractivity contribution < 1.29 is 24.2 Å². The van der Waals surface area contributed by atoms with Gasteiger partial charge in [-0.15, -0.1) is 11.3 Å². The number of carbonyl (C=O) groups is 3. The molecular weight excluding hydrogens is 680 g/mol. The molecule has 1 saturated carbocycles. The van der Waals surface area contributed by atoms with Crippen molar-refractivity contribution in [3.8, 4) is 17.0 Å². The molecule has 262 valence electrons. The van der Waals surface area contributed by atoms with Crippen LogP contribution < -0.4 is 20.7 Å². The zero-order valence-electron chi connectivity index (χ0n) is 27.7. The van der Waals surface area contributed by atoms with Crippen LogP contribution in [0, 0.1) is 0 Å². The number of amides is 3. The molecule has 0 radical (unpaired) electrons. The maximum atomic E-state index is 13.0. The first-order chi connectivity index (χ1) is 24.3. The molecule has 1 unspecified atom stereocenters. The molecule has 0 spiro atoms. The zero-order valence-corrected chi connectivity index (χ0v) is 29.2. The second-order valence-corrected chi connectivity index (χ2v) is 14.3. The summed E-state index contributed by atoms with van der Waals surface area (Å²) in [7, 11) is 1.84. The summed E-state index contributed by atoms with van der Waals surface area (Å²) in [6.45, 7) is 1.45. The van der Waals surface area contributed by atoms with Gasteiger partial charge in [0.1, 0.15) is 18.4 Å². The van der Waals surface area contributed by atoms with Gasteiger partial charge in [-0.05, 0) is 49.8 Å². The molecule has 3 aliphatic rings. The molecule has 4 N–H and O–H groups in total. The van der Waals surface area contributed by atoms with Gasteiger partial charge in [0.05, 0.1) is 28.7 Å². The number of rotatable bonds is 12. The van der Waals surface area contributed by atoms with Crippen molar-refractivity contribution in [3.05, 3.63) is 74.3 Å². The highest BCUT2D eigenvalue weighted by molar-refractivity contribution is 7.10. The van der Waals surface area contributed by atoms with Crippen molar-refractivity contribution in [1.29, 1.82) is 0 Å². The molecule has 13 nitrogen and oxygen atoms in total. The Morgan fingerprint density at radius 2 is 1.84 bits per heavy atom. The first kappa shape index (κ1) is 34.1. The number of imide groups is 1. The Morgan fingerprint density at radius 3 is 2.60 bits per heavy atom. The van der Waals surface area contributed by atoms with E-state index in [-0.39, 0.29) is 30.9 Å². The van der Waals surface area contributed by atoms with Gasteiger partial charge in [0, 0.05) is 78.7 Å².